The molecule has 11 heavy (non-hydrogen) atoms. The maximum Gasteiger partial charge on any atom is -0.0386 e. The van der Waals surface area contributed by atoms with Crippen molar-refractivity contribution in [2.24, 2.45) is 23.7 Å². The van der Waals surface area contributed by atoms with Gasteiger partial charge in [0, 0.05) is 0 Å². The molecule has 0 saturated heterocycles. The highest BCUT2D eigenvalue weighted by Gasteiger charge is 2.31. The third-order valence-corrected chi connectivity index (χ3v) is 3.55. The Balaban J connectivity index is 2.43. The van der Waals surface area contributed by atoms with Crippen molar-refractivity contribution in [3.05, 3.63) is 0 Å². The number of hydrogen-bond acceptors (Lipinski definition) is 0. The SMILES string of the molecule is CCC1CC(C(C)C)CC1C. The highest BCUT2D eigenvalue weighted by molar-refractivity contribution is 4.81. The smallest absolute Gasteiger partial charge is 0.0386 e. The van der Waals surface area contributed by atoms with Crippen LogP contribution in [0.25, 0.3) is 0 Å². The van der Waals surface area contributed by atoms with Crippen LogP contribution in [-0.2, 0) is 0 Å². The second-order valence-corrected chi connectivity index (χ2v) is 4.62. The van der Waals surface area contributed by atoms with E-state index in [1.807, 2.05) is 0 Å². The van der Waals surface area contributed by atoms with Crippen molar-refractivity contribution in [3.63, 3.8) is 0 Å². The van der Waals surface area contributed by atoms with Crippen LogP contribution in [0.4, 0.5) is 0 Å². The molecule has 1 saturated carbocycles. The molecule has 0 heterocycles. The zero-order valence-electron chi connectivity index (χ0n) is 8.43. The summed E-state index contributed by atoms with van der Waals surface area (Å²) < 4.78 is 0. The van der Waals surface area contributed by atoms with E-state index >= 15 is 0 Å². The van der Waals surface area contributed by atoms with E-state index in [1.54, 1.807) is 0 Å². The zero-order valence-corrected chi connectivity index (χ0v) is 8.43. The van der Waals surface area contributed by atoms with E-state index < -0.39 is 0 Å². The van der Waals surface area contributed by atoms with E-state index in [1.165, 1.54) is 19.3 Å². The topological polar surface area (TPSA) is 0 Å². The van der Waals surface area contributed by atoms with E-state index in [2.05, 4.69) is 27.7 Å². The lowest BCUT2D eigenvalue weighted by Gasteiger charge is -2.13. The average Bonchev–Trinajstić information content (AvgIpc) is 2.31. The Morgan fingerprint density at radius 3 is 2.18 bits per heavy atom. The summed E-state index contributed by atoms with van der Waals surface area (Å²) in [6.07, 6.45) is 4.37. The molecular weight excluding hydrogens is 132 g/mol. The van der Waals surface area contributed by atoms with Gasteiger partial charge in [-0.05, 0) is 36.5 Å². The highest BCUT2D eigenvalue weighted by Crippen LogP contribution is 2.41. The molecule has 0 heteroatoms. The molecule has 0 bridgehead atoms. The van der Waals surface area contributed by atoms with Crippen LogP contribution in [0.15, 0.2) is 0 Å². The largest absolute Gasteiger partial charge is 0.0651 e. The predicted octanol–water partition coefficient (Wildman–Crippen LogP) is 3.71. The Labute approximate surface area is 71.4 Å². The standard InChI is InChI=1S/C11H22/c1-5-10-7-11(8(2)3)6-9(10)4/h8-11H,5-7H2,1-4H3. The molecule has 1 aliphatic rings. The fourth-order valence-corrected chi connectivity index (χ4v) is 2.50. The minimum absolute atomic E-state index is 0.911. The molecular formula is C11H22. The quantitative estimate of drug-likeness (QED) is 0.568. The first-order valence-electron chi connectivity index (χ1n) is 5.15. The summed E-state index contributed by atoms with van der Waals surface area (Å²) in [5.41, 5.74) is 0. The lowest BCUT2D eigenvalue weighted by Crippen LogP contribution is -2.03. The fraction of sp³-hybridized carbons (Fsp3) is 1.00. The van der Waals surface area contributed by atoms with Crippen LogP contribution in [0.5, 0.6) is 0 Å². The van der Waals surface area contributed by atoms with Gasteiger partial charge in [-0.1, -0.05) is 34.1 Å². The molecule has 0 spiro atoms. The second-order valence-electron chi connectivity index (χ2n) is 4.62. The van der Waals surface area contributed by atoms with Crippen molar-refractivity contribution in [2.45, 2.75) is 47.0 Å². The molecule has 0 nitrogen and oxygen atoms in total. The minimum Gasteiger partial charge on any atom is -0.0651 e. The molecule has 0 aromatic carbocycles. The maximum absolute atomic E-state index is 2.43. The average molecular weight is 154 g/mol. The molecule has 66 valence electrons. The van der Waals surface area contributed by atoms with Gasteiger partial charge in [0.25, 0.3) is 0 Å². The van der Waals surface area contributed by atoms with Crippen molar-refractivity contribution in [3.8, 4) is 0 Å². The van der Waals surface area contributed by atoms with E-state index in [0.717, 1.165) is 23.7 Å². The highest BCUT2D eigenvalue weighted by atomic mass is 14.4. The summed E-state index contributed by atoms with van der Waals surface area (Å²) in [7, 11) is 0. The van der Waals surface area contributed by atoms with E-state index in [9.17, 15) is 0 Å². The molecule has 0 N–H and O–H groups in total. The van der Waals surface area contributed by atoms with Crippen molar-refractivity contribution in [1.82, 2.24) is 0 Å². The third kappa shape index (κ3) is 1.98. The van der Waals surface area contributed by atoms with Crippen LogP contribution in [0, 0.1) is 23.7 Å². The van der Waals surface area contributed by atoms with E-state index in [-0.39, 0.29) is 0 Å². The Bertz CT molecular complexity index is 115. The monoisotopic (exact) mass is 154 g/mol. The van der Waals surface area contributed by atoms with Crippen LogP contribution in [0.2, 0.25) is 0 Å². The van der Waals surface area contributed by atoms with Crippen molar-refractivity contribution in [2.75, 3.05) is 0 Å². The van der Waals surface area contributed by atoms with Crippen LogP contribution >= 0.6 is 0 Å². The molecule has 3 unspecified atom stereocenters. The first kappa shape index (κ1) is 9.09. The Morgan fingerprint density at radius 2 is 1.91 bits per heavy atom. The van der Waals surface area contributed by atoms with E-state index in [0.29, 0.717) is 0 Å². The van der Waals surface area contributed by atoms with Gasteiger partial charge in [-0.25, -0.2) is 0 Å². The Kier molecular flexibility index (Phi) is 2.98. The van der Waals surface area contributed by atoms with Gasteiger partial charge in [-0.15, -0.1) is 0 Å². The van der Waals surface area contributed by atoms with Crippen LogP contribution < -0.4 is 0 Å². The first-order valence-corrected chi connectivity index (χ1v) is 5.15. The first-order chi connectivity index (χ1) is 5.15. The molecule has 1 fully saturated rings. The Hall–Kier alpha value is 0. The van der Waals surface area contributed by atoms with Gasteiger partial charge < -0.3 is 0 Å². The summed E-state index contributed by atoms with van der Waals surface area (Å²) in [6, 6.07) is 0. The van der Waals surface area contributed by atoms with Crippen LogP contribution in [-0.4, -0.2) is 0 Å². The van der Waals surface area contributed by atoms with Crippen molar-refractivity contribution >= 4 is 0 Å². The van der Waals surface area contributed by atoms with Gasteiger partial charge in [-0.3, -0.25) is 0 Å². The predicted molar refractivity (Wildman–Crippen MR) is 50.5 cm³/mol. The van der Waals surface area contributed by atoms with Gasteiger partial charge in [0.15, 0.2) is 0 Å². The summed E-state index contributed by atoms with van der Waals surface area (Å²) in [5, 5.41) is 0. The van der Waals surface area contributed by atoms with Crippen LogP contribution in [0.3, 0.4) is 0 Å². The molecule has 0 aliphatic heterocycles. The molecule has 0 amide bonds. The summed E-state index contributed by atoms with van der Waals surface area (Å²) in [4.78, 5) is 0. The van der Waals surface area contributed by atoms with Gasteiger partial charge in [-0.2, -0.15) is 0 Å². The van der Waals surface area contributed by atoms with Gasteiger partial charge in [0.2, 0.25) is 0 Å². The lowest BCUT2D eigenvalue weighted by atomic mass is 9.93. The van der Waals surface area contributed by atoms with Gasteiger partial charge in [0.1, 0.15) is 0 Å². The number of rotatable bonds is 2. The summed E-state index contributed by atoms with van der Waals surface area (Å²) in [6.45, 7) is 9.51. The number of hydrogen-bond donors (Lipinski definition) is 0. The molecule has 3 atom stereocenters. The molecule has 1 rings (SSSR count). The summed E-state index contributed by atoms with van der Waals surface area (Å²) >= 11 is 0. The van der Waals surface area contributed by atoms with Crippen LogP contribution in [0.1, 0.15) is 47.0 Å². The van der Waals surface area contributed by atoms with Crippen molar-refractivity contribution in [1.29, 1.82) is 0 Å². The molecule has 0 aromatic heterocycles. The van der Waals surface area contributed by atoms with E-state index in [4.69, 9.17) is 0 Å². The van der Waals surface area contributed by atoms with Gasteiger partial charge >= 0.3 is 0 Å². The fourth-order valence-electron chi connectivity index (χ4n) is 2.50. The Morgan fingerprint density at radius 1 is 1.27 bits per heavy atom. The second kappa shape index (κ2) is 3.60. The minimum atomic E-state index is 0.911. The third-order valence-electron chi connectivity index (χ3n) is 3.55. The maximum atomic E-state index is 2.43. The van der Waals surface area contributed by atoms with Gasteiger partial charge in [0.05, 0.1) is 0 Å². The molecule has 1 aliphatic carbocycles. The summed E-state index contributed by atoms with van der Waals surface area (Å²) in [5.74, 6) is 3.96. The zero-order chi connectivity index (χ0) is 8.43. The molecule has 0 aromatic rings. The molecule has 0 radical (unpaired) electrons. The normalized spacial score (nSPS) is 38.5. The lowest BCUT2D eigenvalue weighted by molar-refractivity contribution is 0.376. The van der Waals surface area contributed by atoms with Crippen molar-refractivity contribution < 1.29 is 0 Å².